The van der Waals surface area contributed by atoms with E-state index in [1.165, 1.54) is 18.2 Å². The van der Waals surface area contributed by atoms with Gasteiger partial charge >= 0.3 is 0 Å². The van der Waals surface area contributed by atoms with Crippen molar-refractivity contribution in [1.82, 2.24) is 15.3 Å². The van der Waals surface area contributed by atoms with E-state index in [0.29, 0.717) is 17.1 Å². The Hall–Kier alpha value is -3.79. The van der Waals surface area contributed by atoms with Crippen LogP contribution in [-0.2, 0) is 0 Å². The number of nitrogens with zero attached hydrogens (tertiary/aromatic N) is 3. The number of benzene rings is 2. The number of carbonyl (C=O) groups excluding carboxylic acids is 1. The molecule has 1 atom stereocenters. The first kappa shape index (κ1) is 17.0. The second-order valence-electron chi connectivity index (χ2n) is 5.35. The van der Waals surface area contributed by atoms with Gasteiger partial charge in [0.15, 0.2) is 0 Å². The van der Waals surface area contributed by atoms with Crippen molar-refractivity contribution in [3.63, 3.8) is 0 Å². The molecular formula is C19H14FN5O. The van der Waals surface area contributed by atoms with Crippen LogP contribution < -0.4 is 10.6 Å². The minimum Gasteiger partial charge on any atom is -0.339 e. The van der Waals surface area contributed by atoms with E-state index in [1.807, 2.05) is 6.07 Å². The van der Waals surface area contributed by atoms with Gasteiger partial charge in [-0.05, 0) is 24.3 Å². The molecule has 0 aliphatic carbocycles. The number of aromatic nitrogens is 2. The average molecular weight is 347 g/mol. The fraction of sp³-hybridized carbons (Fsp3) is 0.0526. The predicted octanol–water partition coefficient (Wildman–Crippen LogP) is 3.35. The summed E-state index contributed by atoms with van der Waals surface area (Å²) >= 11 is 0. The molecule has 0 saturated carbocycles. The molecule has 1 amide bonds. The lowest BCUT2D eigenvalue weighted by molar-refractivity contribution is 0.0945. The number of anilines is 2. The van der Waals surface area contributed by atoms with E-state index < -0.39 is 17.8 Å². The third kappa shape index (κ3) is 3.99. The van der Waals surface area contributed by atoms with Crippen LogP contribution in [-0.4, -0.2) is 15.9 Å². The number of nitrogens with one attached hydrogen (secondary N) is 2. The largest absolute Gasteiger partial charge is 0.339 e. The summed E-state index contributed by atoms with van der Waals surface area (Å²) in [6.07, 6.45) is 4.65. The first-order chi connectivity index (χ1) is 12.7. The highest BCUT2D eigenvalue weighted by Gasteiger charge is 2.18. The molecule has 26 heavy (non-hydrogen) atoms. The Morgan fingerprint density at radius 1 is 1.15 bits per heavy atom. The standard InChI is InChI=1S/C19H14FN5O/c20-16-7-2-1-6-15(16)17(11-21)25-19(26)13-4-3-5-14(10-13)24-18-12-22-8-9-23-18/h1-10,12,17H,(H,23,24)(H,25,26)/t17-/m0/s1. The topological polar surface area (TPSA) is 90.7 Å². The highest BCUT2D eigenvalue weighted by Crippen LogP contribution is 2.19. The van der Waals surface area contributed by atoms with E-state index in [-0.39, 0.29) is 5.56 Å². The zero-order valence-corrected chi connectivity index (χ0v) is 13.6. The van der Waals surface area contributed by atoms with Gasteiger partial charge < -0.3 is 10.6 Å². The minimum atomic E-state index is -1.08. The van der Waals surface area contributed by atoms with E-state index in [4.69, 9.17) is 0 Å². The number of hydrogen-bond donors (Lipinski definition) is 2. The Balaban J connectivity index is 1.76. The van der Waals surface area contributed by atoms with Crippen LogP contribution in [0, 0.1) is 17.1 Å². The van der Waals surface area contributed by atoms with Gasteiger partial charge in [0.25, 0.3) is 5.91 Å². The van der Waals surface area contributed by atoms with Gasteiger partial charge in [0.1, 0.15) is 17.7 Å². The number of nitriles is 1. The molecule has 0 fully saturated rings. The molecule has 0 unspecified atom stereocenters. The molecular weight excluding hydrogens is 333 g/mol. The lowest BCUT2D eigenvalue weighted by Crippen LogP contribution is -2.28. The third-order valence-corrected chi connectivity index (χ3v) is 3.58. The Morgan fingerprint density at radius 2 is 2.00 bits per heavy atom. The van der Waals surface area contributed by atoms with Crippen molar-refractivity contribution in [2.24, 2.45) is 0 Å². The van der Waals surface area contributed by atoms with Crippen LogP contribution in [0.15, 0.2) is 67.1 Å². The lowest BCUT2D eigenvalue weighted by atomic mass is 10.1. The molecule has 2 N–H and O–H groups in total. The molecule has 6 nitrogen and oxygen atoms in total. The van der Waals surface area contributed by atoms with Crippen molar-refractivity contribution < 1.29 is 9.18 Å². The van der Waals surface area contributed by atoms with Gasteiger partial charge in [-0.25, -0.2) is 9.37 Å². The Morgan fingerprint density at radius 3 is 2.73 bits per heavy atom. The third-order valence-electron chi connectivity index (χ3n) is 3.58. The van der Waals surface area contributed by atoms with Gasteiger partial charge in [-0.1, -0.05) is 24.3 Å². The molecule has 0 radical (unpaired) electrons. The van der Waals surface area contributed by atoms with Crippen LogP contribution in [0.2, 0.25) is 0 Å². The SMILES string of the molecule is N#C[C@H](NC(=O)c1cccc(Nc2cnccn2)c1)c1ccccc1F. The van der Waals surface area contributed by atoms with Crippen LogP contribution in [0.3, 0.4) is 0 Å². The summed E-state index contributed by atoms with van der Waals surface area (Å²) in [5.41, 5.74) is 1.09. The summed E-state index contributed by atoms with van der Waals surface area (Å²) in [7, 11) is 0. The number of halogens is 1. The molecule has 3 aromatic rings. The molecule has 1 aromatic heterocycles. The molecule has 2 aromatic carbocycles. The molecule has 1 heterocycles. The van der Waals surface area contributed by atoms with Gasteiger partial charge in [-0.3, -0.25) is 9.78 Å². The van der Waals surface area contributed by atoms with Gasteiger partial charge in [-0.2, -0.15) is 5.26 Å². The molecule has 7 heteroatoms. The van der Waals surface area contributed by atoms with Crippen LogP contribution in [0.4, 0.5) is 15.9 Å². The average Bonchev–Trinajstić information content (AvgIpc) is 2.67. The van der Waals surface area contributed by atoms with Crippen molar-refractivity contribution >= 4 is 17.4 Å². The highest BCUT2D eigenvalue weighted by atomic mass is 19.1. The highest BCUT2D eigenvalue weighted by molar-refractivity contribution is 5.95. The Labute approximate surface area is 149 Å². The molecule has 0 aliphatic rings. The summed E-state index contributed by atoms with van der Waals surface area (Å²) < 4.78 is 13.9. The van der Waals surface area contributed by atoms with E-state index in [1.54, 1.807) is 48.9 Å². The van der Waals surface area contributed by atoms with Crippen molar-refractivity contribution in [2.75, 3.05) is 5.32 Å². The number of amides is 1. The number of hydrogen-bond acceptors (Lipinski definition) is 5. The smallest absolute Gasteiger partial charge is 0.252 e. The molecule has 0 saturated heterocycles. The monoisotopic (exact) mass is 347 g/mol. The Kier molecular flexibility index (Phi) is 5.15. The first-order valence-corrected chi connectivity index (χ1v) is 7.75. The lowest BCUT2D eigenvalue weighted by Gasteiger charge is -2.13. The van der Waals surface area contributed by atoms with Gasteiger partial charge in [0, 0.05) is 29.2 Å². The fourth-order valence-electron chi connectivity index (χ4n) is 2.35. The van der Waals surface area contributed by atoms with Crippen LogP contribution in [0.5, 0.6) is 0 Å². The minimum absolute atomic E-state index is 0.122. The molecule has 0 aliphatic heterocycles. The second-order valence-corrected chi connectivity index (χ2v) is 5.35. The van der Waals surface area contributed by atoms with E-state index in [2.05, 4.69) is 20.6 Å². The number of carbonyl (C=O) groups is 1. The quantitative estimate of drug-likeness (QED) is 0.738. The number of rotatable bonds is 5. The molecule has 0 bridgehead atoms. The van der Waals surface area contributed by atoms with Gasteiger partial charge in [-0.15, -0.1) is 0 Å². The zero-order chi connectivity index (χ0) is 18.4. The molecule has 128 valence electrons. The molecule has 3 rings (SSSR count). The van der Waals surface area contributed by atoms with E-state index >= 15 is 0 Å². The maximum absolute atomic E-state index is 13.9. The maximum atomic E-state index is 13.9. The van der Waals surface area contributed by atoms with Crippen molar-refractivity contribution in [3.8, 4) is 6.07 Å². The summed E-state index contributed by atoms with van der Waals surface area (Å²) in [4.78, 5) is 20.5. The second kappa shape index (κ2) is 7.85. The van der Waals surface area contributed by atoms with Crippen molar-refractivity contribution in [1.29, 1.82) is 5.26 Å². The van der Waals surface area contributed by atoms with Crippen molar-refractivity contribution in [2.45, 2.75) is 6.04 Å². The van der Waals surface area contributed by atoms with Crippen LogP contribution in [0.25, 0.3) is 0 Å². The van der Waals surface area contributed by atoms with Gasteiger partial charge in [0.05, 0.1) is 12.3 Å². The van der Waals surface area contributed by atoms with Gasteiger partial charge in [0.2, 0.25) is 0 Å². The van der Waals surface area contributed by atoms with E-state index in [9.17, 15) is 14.4 Å². The van der Waals surface area contributed by atoms with Crippen molar-refractivity contribution in [3.05, 3.63) is 84.1 Å². The normalized spacial score (nSPS) is 11.2. The predicted molar refractivity (Wildman–Crippen MR) is 94.0 cm³/mol. The fourth-order valence-corrected chi connectivity index (χ4v) is 2.35. The summed E-state index contributed by atoms with van der Waals surface area (Å²) in [6, 6.07) is 13.4. The zero-order valence-electron chi connectivity index (χ0n) is 13.6. The summed E-state index contributed by atoms with van der Waals surface area (Å²) in [6.45, 7) is 0. The Bertz CT molecular complexity index is 955. The summed E-state index contributed by atoms with van der Waals surface area (Å²) in [5, 5.41) is 14.9. The van der Waals surface area contributed by atoms with E-state index in [0.717, 1.165) is 0 Å². The van der Waals surface area contributed by atoms with Crippen LogP contribution in [0.1, 0.15) is 22.0 Å². The summed E-state index contributed by atoms with van der Waals surface area (Å²) in [5.74, 6) is -0.494. The first-order valence-electron chi connectivity index (χ1n) is 7.75. The van der Waals surface area contributed by atoms with Crippen LogP contribution >= 0.6 is 0 Å². The maximum Gasteiger partial charge on any atom is 0.252 e. The molecule has 0 spiro atoms.